The van der Waals surface area contributed by atoms with Crippen LogP contribution in [0.5, 0.6) is 0 Å². The molecular formula is C11H16ClNO2. The Labute approximate surface area is 95.1 Å². The number of hydrogen-bond donors (Lipinski definition) is 1. The normalized spacial score (nSPS) is 10.5. The standard InChI is InChI=1S/C11H16ClNO2/c1-2-3-7-14-8-6-13-9-10-4-5-11(12)15-10/h2,4-5,13H,1,3,6-9H2. The van der Waals surface area contributed by atoms with Gasteiger partial charge in [-0.2, -0.15) is 0 Å². The second-order valence-corrected chi connectivity index (χ2v) is 3.44. The number of ether oxygens (including phenoxy) is 1. The summed E-state index contributed by atoms with van der Waals surface area (Å²) in [5.74, 6) is 0.839. The molecule has 4 heteroatoms. The predicted molar refractivity (Wildman–Crippen MR) is 61.1 cm³/mol. The van der Waals surface area contributed by atoms with Crippen LogP contribution in [-0.4, -0.2) is 19.8 Å². The van der Waals surface area contributed by atoms with Crippen molar-refractivity contribution >= 4 is 11.6 Å². The zero-order valence-electron chi connectivity index (χ0n) is 8.67. The second kappa shape index (κ2) is 7.51. The lowest BCUT2D eigenvalue weighted by molar-refractivity contribution is 0.140. The van der Waals surface area contributed by atoms with Crippen molar-refractivity contribution in [2.75, 3.05) is 19.8 Å². The summed E-state index contributed by atoms with van der Waals surface area (Å²) in [6.07, 6.45) is 2.74. The summed E-state index contributed by atoms with van der Waals surface area (Å²) in [7, 11) is 0. The first-order chi connectivity index (χ1) is 7.33. The van der Waals surface area contributed by atoms with Crippen molar-refractivity contribution in [3.05, 3.63) is 35.8 Å². The molecule has 15 heavy (non-hydrogen) atoms. The van der Waals surface area contributed by atoms with E-state index in [-0.39, 0.29) is 0 Å². The largest absolute Gasteiger partial charge is 0.448 e. The van der Waals surface area contributed by atoms with E-state index in [0.717, 1.165) is 25.3 Å². The van der Waals surface area contributed by atoms with Crippen LogP contribution in [-0.2, 0) is 11.3 Å². The first kappa shape index (κ1) is 12.3. The van der Waals surface area contributed by atoms with E-state index in [4.69, 9.17) is 20.8 Å². The van der Waals surface area contributed by atoms with E-state index in [9.17, 15) is 0 Å². The number of halogens is 1. The van der Waals surface area contributed by atoms with Gasteiger partial charge in [0.05, 0.1) is 19.8 Å². The molecule has 0 saturated carbocycles. The third-order valence-electron chi connectivity index (χ3n) is 1.82. The van der Waals surface area contributed by atoms with Gasteiger partial charge in [-0.15, -0.1) is 6.58 Å². The highest BCUT2D eigenvalue weighted by molar-refractivity contribution is 6.28. The van der Waals surface area contributed by atoms with Gasteiger partial charge in [0.15, 0.2) is 5.22 Å². The van der Waals surface area contributed by atoms with Crippen LogP contribution >= 0.6 is 11.6 Å². The first-order valence-electron chi connectivity index (χ1n) is 4.96. The molecule has 0 atom stereocenters. The first-order valence-corrected chi connectivity index (χ1v) is 5.34. The molecule has 0 aliphatic carbocycles. The molecule has 0 bridgehead atoms. The Hall–Kier alpha value is -0.770. The number of furan rings is 1. The maximum Gasteiger partial charge on any atom is 0.193 e. The van der Waals surface area contributed by atoms with Gasteiger partial charge in [-0.3, -0.25) is 0 Å². The van der Waals surface area contributed by atoms with E-state index < -0.39 is 0 Å². The summed E-state index contributed by atoms with van der Waals surface area (Å²) in [5.41, 5.74) is 0. The zero-order valence-corrected chi connectivity index (χ0v) is 9.43. The van der Waals surface area contributed by atoms with E-state index in [1.807, 2.05) is 12.1 Å². The quantitative estimate of drug-likeness (QED) is 0.550. The van der Waals surface area contributed by atoms with E-state index in [0.29, 0.717) is 18.4 Å². The van der Waals surface area contributed by atoms with Crippen LogP contribution in [0.4, 0.5) is 0 Å². The van der Waals surface area contributed by atoms with Crippen LogP contribution in [0.25, 0.3) is 0 Å². The van der Waals surface area contributed by atoms with Gasteiger partial charge in [-0.25, -0.2) is 0 Å². The lowest BCUT2D eigenvalue weighted by Gasteiger charge is -2.03. The second-order valence-electron chi connectivity index (χ2n) is 3.07. The lowest BCUT2D eigenvalue weighted by Crippen LogP contribution is -2.19. The molecule has 1 heterocycles. The Bertz CT molecular complexity index is 286. The van der Waals surface area contributed by atoms with Gasteiger partial charge in [0, 0.05) is 6.54 Å². The summed E-state index contributed by atoms with van der Waals surface area (Å²) in [6, 6.07) is 3.59. The van der Waals surface area contributed by atoms with Gasteiger partial charge in [-0.05, 0) is 30.2 Å². The summed E-state index contributed by atoms with van der Waals surface area (Å²) in [5, 5.41) is 3.61. The Morgan fingerprint density at radius 3 is 3.00 bits per heavy atom. The molecule has 0 aliphatic heterocycles. The highest BCUT2D eigenvalue weighted by Crippen LogP contribution is 2.12. The van der Waals surface area contributed by atoms with Gasteiger partial charge >= 0.3 is 0 Å². The summed E-state index contributed by atoms with van der Waals surface area (Å²) < 4.78 is 10.5. The molecule has 1 rings (SSSR count). The predicted octanol–water partition coefficient (Wildman–Crippen LogP) is 2.62. The van der Waals surface area contributed by atoms with Crippen molar-refractivity contribution in [3.8, 4) is 0 Å². The van der Waals surface area contributed by atoms with Crippen molar-refractivity contribution in [3.63, 3.8) is 0 Å². The third-order valence-corrected chi connectivity index (χ3v) is 2.02. The molecule has 1 aromatic rings. The molecule has 1 N–H and O–H groups in total. The number of nitrogens with one attached hydrogen (secondary N) is 1. The van der Waals surface area contributed by atoms with Crippen molar-refractivity contribution in [1.82, 2.24) is 5.32 Å². The Kier molecular flexibility index (Phi) is 6.16. The molecule has 1 aromatic heterocycles. The van der Waals surface area contributed by atoms with Crippen LogP contribution in [0, 0.1) is 0 Å². The van der Waals surface area contributed by atoms with Crippen LogP contribution in [0.1, 0.15) is 12.2 Å². The van der Waals surface area contributed by atoms with Crippen molar-refractivity contribution in [2.45, 2.75) is 13.0 Å². The summed E-state index contributed by atoms with van der Waals surface area (Å²) in [6.45, 7) is 6.53. The topological polar surface area (TPSA) is 34.4 Å². The molecule has 0 fully saturated rings. The Balaban J connectivity index is 1.95. The molecule has 0 spiro atoms. The fraction of sp³-hybridized carbons (Fsp3) is 0.455. The highest BCUT2D eigenvalue weighted by atomic mass is 35.5. The fourth-order valence-corrected chi connectivity index (χ4v) is 1.23. The number of rotatable bonds is 8. The van der Waals surface area contributed by atoms with Gasteiger partial charge < -0.3 is 14.5 Å². The molecule has 0 aromatic carbocycles. The minimum atomic E-state index is 0.425. The molecule has 0 amide bonds. The van der Waals surface area contributed by atoms with Crippen LogP contribution in [0.2, 0.25) is 5.22 Å². The third kappa shape index (κ3) is 5.62. The van der Waals surface area contributed by atoms with Gasteiger partial charge in [0.25, 0.3) is 0 Å². The van der Waals surface area contributed by atoms with Crippen LogP contribution in [0.3, 0.4) is 0 Å². The van der Waals surface area contributed by atoms with Crippen molar-refractivity contribution in [1.29, 1.82) is 0 Å². The highest BCUT2D eigenvalue weighted by Gasteiger charge is 1.97. The van der Waals surface area contributed by atoms with E-state index in [1.54, 1.807) is 6.07 Å². The number of hydrogen-bond acceptors (Lipinski definition) is 3. The fourth-order valence-electron chi connectivity index (χ4n) is 1.07. The van der Waals surface area contributed by atoms with Crippen molar-refractivity contribution in [2.24, 2.45) is 0 Å². The van der Waals surface area contributed by atoms with Gasteiger partial charge in [0.1, 0.15) is 5.76 Å². The average Bonchev–Trinajstić information content (AvgIpc) is 2.63. The zero-order chi connectivity index (χ0) is 10.9. The SMILES string of the molecule is C=CCCOCCNCc1ccc(Cl)o1. The van der Waals surface area contributed by atoms with E-state index in [1.165, 1.54) is 0 Å². The molecule has 0 radical (unpaired) electrons. The summed E-state index contributed by atoms with van der Waals surface area (Å²) in [4.78, 5) is 0. The van der Waals surface area contributed by atoms with Gasteiger partial charge in [-0.1, -0.05) is 6.08 Å². The monoisotopic (exact) mass is 229 g/mol. The van der Waals surface area contributed by atoms with Crippen molar-refractivity contribution < 1.29 is 9.15 Å². The molecule has 0 aliphatic rings. The molecule has 0 unspecified atom stereocenters. The lowest BCUT2D eigenvalue weighted by atomic mass is 10.4. The maximum atomic E-state index is 5.63. The van der Waals surface area contributed by atoms with E-state index >= 15 is 0 Å². The molecule has 84 valence electrons. The Morgan fingerprint density at radius 2 is 2.33 bits per heavy atom. The molecule has 3 nitrogen and oxygen atoms in total. The van der Waals surface area contributed by atoms with Gasteiger partial charge in [0.2, 0.25) is 0 Å². The van der Waals surface area contributed by atoms with E-state index in [2.05, 4.69) is 11.9 Å². The molecular weight excluding hydrogens is 214 g/mol. The van der Waals surface area contributed by atoms with Crippen LogP contribution in [0.15, 0.2) is 29.2 Å². The minimum Gasteiger partial charge on any atom is -0.448 e. The minimum absolute atomic E-state index is 0.425. The average molecular weight is 230 g/mol. The maximum absolute atomic E-state index is 5.63. The summed E-state index contributed by atoms with van der Waals surface area (Å²) >= 11 is 5.63. The Morgan fingerprint density at radius 1 is 1.47 bits per heavy atom. The smallest absolute Gasteiger partial charge is 0.193 e. The molecule has 0 saturated heterocycles. The van der Waals surface area contributed by atoms with Crippen LogP contribution < -0.4 is 5.32 Å².